The topological polar surface area (TPSA) is 91.4 Å². The highest BCUT2D eigenvalue weighted by atomic mass is 79.9. The van der Waals surface area contributed by atoms with Gasteiger partial charge in [0.05, 0.1) is 5.69 Å². The van der Waals surface area contributed by atoms with E-state index in [2.05, 4.69) is 22.5 Å². The second-order valence-corrected chi connectivity index (χ2v) is 11.9. The van der Waals surface area contributed by atoms with E-state index in [-0.39, 0.29) is 17.9 Å². The molecule has 40 heavy (non-hydrogen) atoms. The van der Waals surface area contributed by atoms with Gasteiger partial charge < -0.3 is 18.9 Å². The lowest BCUT2D eigenvalue weighted by Crippen LogP contribution is -2.38. The predicted molar refractivity (Wildman–Crippen MR) is 158 cm³/mol. The molecule has 0 radical (unpaired) electrons. The first-order chi connectivity index (χ1) is 18.6. The summed E-state index contributed by atoms with van der Waals surface area (Å²) < 4.78 is 23.1. The van der Waals surface area contributed by atoms with Crippen LogP contribution in [0.2, 0.25) is 0 Å². The predicted octanol–water partition coefficient (Wildman–Crippen LogP) is 8.37. The first-order valence-electron chi connectivity index (χ1n) is 12.7. The van der Waals surface area contributed by atoms with Crippen molar-refractivity contribution in [1.82, 2.24) is 0 Å². The van der Waals surface area contributed by atoms with Crippen molar-refractivity contribution >= 4 is 50.6 Å². The van der Waals surface area contributed by atoms with Gasteiger partial charge >= 0.3 is 18.2 Å². The highest BCUT2D eigenvalue weighted by Crippen LogP contribution is 2.43. The summed E-state index contributed by atoms with van der Waals surface area (Å²) in [7, 11) is 0. The van der Waals surface area contributed by atoms with Gasteiger partial charge in [-0.2, -0.15) is 0 Å². The summed E-state index contributed by atoms with van der Waals surface area (Å²) in [4.78, 5) is 41.5. The number of nitrogens with zero attached hydrogens (tertiary/aromatic N) is 1. The minimum atomic E-state index is -0.996. The number of fused-ring (bicyclic) bond motifs is 1. The second-order valence-electron chi connectivity index (χ2n) is 11.0. The van der Waals surface area contributed by atoms with Crippen LogP contribution in [0.15, 0.2) is 65.7 Å². The van der Waals surface area contributed by atoms with Crippen molar-refractivity contribution in [2.75, 3.05) is 11.4 Å². The van der Waals surface area contributed by atoms with Gasteiger partial charge in [-0.05, 0) is 78.3 Å². The molecular weight excluding hydrogens is 578 g/mol. The van der Waals surface area contributed by atoms with Crippen molar-refractivity contribution in [3.8, 4) is 11.5 Å². The molecule has 0 fully saturated rings. The van der Waals surface area contributed by atoms with Gasteiger partial charge in [-0.3, -0.25) is 4.90 Å². The first kappa shape index (κ1) is 30.7. The fraction of sp³-hybridized carbons (Fsp3) is 0.323. The maximum absolute atomic E-state index is 13.8. The lowest BCUT2D eigenvalue weighted by atomic mass is 9.96. The lowest BCUT2D eigenvalue weighted by molar-refractivity contribution is 0.0206. The SMILES string of the molecule is C=CCN(C(=O)OC(C)(C)C)c1c(C)c(C(=O)Oc2ccccc2)c(OC(=O)OC(C)(C)C)c2cc(Br)ccc12. The third-order valence-electron chi connectivity index (χ3n) is 5.37. The number of rotatable bonds is 6. The average Bonchev–Trinajstić information content (AvgIpc) is 2.82. The smallest absolute Gasteiger partial charge is 0.443 e. The molecule has 0 bridgehead atoms. The van der Waals surface area contributed by atoms with Crippen LogP contribution in [0.25, 0.3) is 10.8 Å². The van der Waals surface area contributed by atoms with Crippen molar-refractivity contribution in [3.63, 3.8) is 0 Å². The highest BCUT2D eigenvalue weighted by molar-refractivity contribution is 9.10. The van der Waals surface area contributed by atoms with Gasteiger partial charge in [-0.1, -0.05) is 46.3 Å². The Balaban J connectivity index is 2.35. The second kappa shape index (κ2) is 12.1. The van der Waals surface area contributed by atoms with E-state index in [0.717, 1.165) is 0 Å². The number of esters is 1. The van der Waals surface area contributed by atoms with Gasteiger partial charge in [0.2, 0.25) is 0 Å². The molecule has 8 nitrogen and oxygen atoms in total. The maximum atomic E-state index is 13.8. The first-order valence-corrected chi connectivity index (χ1v) is 13.5. The van der Waals surface area contributed by atoms with E-state index >= 15 is 0 Å². The third-order valence-corrected chi connectivity index (χ3v) is 5.86. The van der Waals surface area contributed by atoms with Crippen LogP contribution in [0.3, 0.4) is 0 Å². The number of para-hydroxylation sites is 1. The van der Waals surface area contributed by atoms with Crippen molar-refractivity contribution in [2.24, 2.45) is 0 Å². The zero-order valence-corrected chi connectivity index (χ0v) is 25.4. The van der Waals surface area contributed by atoms with Crippen LogP contribution < -0.4 is 14.4 Å². The molecule has 3 rings (SSSR count). The minimum Gasteiger partial charge on any atom is -0.443 e. The number of ether oxygens (including phenoxy) is 4. The molecule has 9 heteroatoms. The van der Waals surface area contributed by atoms with Crippen LogP contribution in [0, 0.1) is 6.92 Å². The normalized spacial score (nSPS) is 11.5. The molecule has 0 aliphatic carbocycles. The van der Waals surface area contributed by atoms with Crippen molar-refractivity contribution in [1.29, 1.82) is 0 Å². The summed E-state index contributed by atoms with van der Waals surface area (Å²) in [6.45, 7) is 15.9. The zero-order chi connectivity index (χ0) is 29.8. The Morgan fingerprint density at radius 2 is 1.52 bits per heavy atom. The van der Waals surface area contributed by atoms with E-state index in [0.29, 0.717) is 32.2 Å². The number of anilines is 1. The van der Waals surface area contributed by atoms with E-state index in [1.165, 1.54) is 4.90 Å². The van der Waals surface area contributed by atoms with Crippen molar-refractivity contribution < 1.29 is 33.3 Å². The molecule has 0 atom stereocenters. The average molecular weight is 613 g/mol. The standard InChI is InChI=1S/C31H34BrNO7/c1-9-17-33(28(35)39-30(3,4)5)25-19(2)24(27(34)37-21-13-11-10-12-14-21)26(38-29(36)40-31(6,7)8)23-18-20(32)15-16-22(23)25/h9-16,18H,1,17H2,2-8H3. The number of benzene rings is 3. The Hall–Kier alpha value is -3.85. The summed E-state index contributed by atoms with van der Waals surface area (Å²) >= 11 is 3.47. The molecule has 0 aliphatic heterocycles. The van der Waals surface area contributed by atoms with Crippen LogP contribution >= 0.6 is 15.9 Å². The molecule has 3 aromatic carbocycles. The van der Waals surface area contributed by atoms with Crippen LogP contribution in [0.1, 0.15) is 57.5 Å². The Kier molecular flexibility index (Phi) is 9.30. The lowest BCUT2D eigenvalue weighted by Gasteiger charge is -2.30. The quantitative estimate of drug-likeness (QED) is 0.120. The summed E-state index contributed by atoms with van der Waals surface area (Å²) in [6.07, 6.45) is -0.0751. The minimum absolute atomic E-state index is 0.0482. The van der Waals surface area contributed by atoms with E-state index in [9.17, 15) is 14.4 Å². The Morgan fingerprint density at radius 3 is 2.10 bits per heavy atom. The molecule has 0 aromatic heterocycles. The molecule has 0 spiro atoms. The molecule has 0 heterocycles. The summed E-state index contributed by atoms with van der Waals surface area (Å²) in [5.74, 6) is -0.551. The number of carbonyl (C=O) groups is 3. The van der Waals surface area contributed by atoms with E-state index in [4.69, 9.17) is 18.9 Å². The van der Waals surface area contributed by atoms with E-state index < -0.39 is 29.4 Å². The molecule has 0 N–H and O–H groups in total. The fourth-order valence-corrected chi connectivity index (χ4v) is 4.30. The van der Waals surface area contributed by atoms with Crippen molar-refractivity contribution in [3.05, 3.63) is 76.8 Å². The van der Waals surface area contributed by atoms with Crippen LogP contribution in [0.5, 0.6) is 11.5 Å². The molecule has 0 saturated carbocycles. The largest absolute Gasteiger partial charge is 0.514 e. The van der Waals surface area contributed by atoms with Crippen molar-refractivity contribution in [2.45, 2.75) is 59.7 Å². The van der Waals surface area contributed by atoms with Crippen LogP contribution in [0.4, 0.5) is 15.3 Å². The molecular formula is C31H34BrNO7. The summed E-state index contributed by atoms with van der Waals surface area (Å²) in [5.41, 5.74) is -0.953. The molecule has 0 aliphatic rings. The zero-order valence-electron chi connectivity index (χ0n) is 23.8. The number of carbonyl (C=O) groups excluding carboxylic acids is 3. The van der Waals surface area contributed by atoms with Crippen LogP contribution in [-0.2, 0) is 9.47 Å². The number of hydrogen-bond donors (Lipinski definition) is 0. The van der Waals surface area contributed by atoms with E-state index in [1.807, 2.05) is 0 Å². The number of hydrogen-bond acceptors (Lipinski definition) is 7. The summed E-state index contributed by atoms with van der Waals surface area (Å²) in [6, 6.07) is 13.7. The molecule has 212 valence electrons. The maximum Gasteiger partial charge on any atom is 0.514 e. The molecule has 3 aromatic rings. The fourth-order valence-electron chi connectivity index (χ4n) is 3.94. The van der Waals surface area contributed by atoms with Gasteiger partial charge in [0.1, 0.15) is 22.5 Å². The Labute approximate surface area is 243 Å². The van der Waals surface area contributed by atoms with E-state index in [1.54, 1.807) is 103 Å². The number of amides is 1. The van der Waals surface area contributed by atoms with Gasteiger partial charge in [-0.15, -0.1) is 6.58 Å². The summed E-state index contributed by atoms with van der Waals surface area (Å²) in [5, 5.41) is 0.904. The highest BCUT2D eigenvalue weighted by Gasteiger charge is 2.32. The van der Waals surface area contributed by atoms with Gasteiger partial charge in [0.25, 0.3) is 0 Å². The Bertz CT molecular complexity index is 1440. The monoisotopic (exact) mass is 611 g/mol. The third kappa shape index (κ3) is 7.63. The molecule has 1 amide bonds. The van der Waals surface area contributed by atoms with Gasteiger partial charge in [-0.25, -0.2) is 14.4 Å². The molecule has 0 saturated heterocycles. The Morgan fingerprint density at radius 1 is 0.900 bits per heavy atom. The van der Waals surface area contributed by atoms with Gasteiger partial charge in [0.15, 0.2) is 5.75 Å². The van der Waals surface area contributed by atoms with Gasteiger partial charge in [0, 0.05) is 21.8 Å². The number of halogens is 1. The molecule has 0 unspecified atom stereocenters. The van der Waals surface area contributed by atoms with Crippen LogP contribution in [-0.4, -0.2) is 36.0 Å².